The zero-order chi connectivity index (χ0) is 14.6. The lowest BCUT2D eigenvalue weighted by Crippen LogP contribution is -2.34. The molecule has 0 aliphatic heterocycles. The minimum atomic E-state index is -1.000. The van der Waals surface area contributed by atoms with Gasteiger partial charge in [-0.15, -0.1) is 0 Å². The van der Waals surface area contributed by atoms with Gasteiger partial charge in [0.25, 0.3) is 0 Å². The van der Waals surface area contributed by atoms with E-state index in [0.29, 0.717) is 11.6 Å². The number of nitrogens with zero attached hydrogens (tertiary/aromatic N) is 4. The van der Waals surface area contributed by atoms with Crippen LogP contribution < -0.4 is 5.32 Å². The van der Waals surface area contributed by atoms with Crippen LogP contribution in [-0.4, -0.2) is 50.9 Å². The van der Waals surface area contributed by atoms with Crippen molar-refractivity contribution in [3.63, 3.8) is 0 Å². The van der Waals surface area contributed by atoms with Gasteiger partial charge < -0.3 is 15.3 Å². The molecule has 0 atom stereocenters. The molecule has 0 bridgehead atoms. The van der Waals surface area contributed by atoms with E-state index < -0.39 is 5.97 Å². The van der Waals surface area contributed by atoms with E-state index in [2.05, 4.69) is 15.4 Å². The molecule has 0 fully saturated rings. The summed E-state index contributed by atoms with van der Waals surface area (Å²) in [7, 11) is 3.24. The van der Waals surface area contributed by atoms with Crippen LogP contribution in [0.1, 0.15) is 31.4 Å². The van der Waals surface area contributed by atoms with Gasteiger partial charge in [0, 0.05) is 20.0 Å². The lowest BCUT2D eigenvalue weighted by molar-refractivity contribution is -0.137. The first-order valence-corrected chi connectivity index (χ1v) is 5.91. The molecule has 0 spiro atoms. The van der Waals surface area contributed by atoms with Gasteiger partial charge in [0.15, 0.2) is 5.82 Å². The molecule has 1 rings (SSSR count). The molecule has 1 aromatic rings. The third-order valence-corrected chi connectivity index (χ3v) is 2.37. The molecule has 0 unspecified atom stereocenters. The van der Waals surface area contributed by atoms with Gasteiger partial charge in [-0.2, -0.15) is 5.10 Å². The van der Waals surface area contributed by atoms with Crippen LogP contribution in [-0.2, 0) is 17.9 Å². The summed E-state index contributed by atoms with van der Waals surface area (Å²) >= 11 is 0. The highest BCUT2D eigenvalue weighted by Gasteiger charge is 2.15. The van der Waals surface area contributed by atoms with Crippen LogP contribution in [0.15, 0.2) is 0 Å². The highest BCUT2D eigenvalue weighted by Crippen LogP contribution is 2.10. The van der Waals surface area contributed by atoms with Gasteiger partial charge in [-0.25, -0.2) is 14.5 Å². The topological polar surface area (TPSA) is 100 Å². The fourth-order valence-corrected chi connectivity index (χ4v) is 1.34. The molecule has 106 valence electrons. The zero-order valence-corrected chi connectivity index (χ0v) is 11.5. The van der Waals surface area contributed by atoms with Gasteiger partial charge in [0.2, 0.25) is 0 Å². The van der Waals surface area contributed by atoms with Crippen LogP contribution in [0.3, 0.4) is 0 Å². The smallest absolute Gasteiger partial charge is 0.325 e. The second kappa shape index (κ2) is 6.17. The summed E-state index contributed by atoms with van der Waals surface area (Å²) in [6.07, 6.45) is 0. The first-order valence-electron chi connectivity index (χ1n) is 5.91. The monoisotopic (exact) mass is 269 g/mol. The van der Waals surface area contributed by atoms with E-state index in [9.17, 15) is 9.59 Å². The van der Waals surface area contributed by atoms with E-state index in [1.807, 2.05) is 13.8 Å². The summed E-state index contributed by atoms with van der Waals surface area (Å²) in [5, 5.41) is 15.6. The Morgan fingerprint density at radius 3 is 2.53 bits per heavy atom. The third-order valence-electron chi connectivity index (χ3n) is 2.37. The number of aromatic nitrogens is 3. The highest BCUT2D eigenvalue weighted by molar-refractivity contribution is 5.73. The molecule has 2 amide bonds. The van der Waals surface area contributed by atoms with Crippen LogP contribution in [0, 0.1) is 0 Å². The molecule has 0 aromatic carbocycles. The second-order valence-electron chi connectivity index (χ2n) is 4.65. The Morgan fingerprint density at radius 2 is 2.05 bits per heavy atom. The van der Waals surface area contributed by atoms with Crippen LogP contribution >= 0.6 is 0 Å². The lowest BCUT2D eigenvalue weighted by atomic mass is 10.2. The zero-order valence-electron chi connectivity index (χ0n) is 11.5. The number of carboxylic acid groups (broad SMARTS) is 1. The third kappa shape index (κ3) is 4.23. The van der Waals surface area contributed by atoms with E-state index in [0.717, 1.165) is 0 Å². The van der Waals surface area contributed by atoms with Crippen molar-refractivity contribution in [1.82, 2.24) is 25.0 Å². The molecule has 0 saturated carbocycles. The van der Waals surface area contributed by atoms with Crippen LogP contribution in [0.2, 0.25) is 0 Å². The Labute approximate surface area is 111 Å². The first-order chi connectivity index (χ1) is 8.81. The molecule has 0 saturated heterocycles. The Balaban J connectivity index is 2.84. The average molecular weight is 269 g/mol. The maximum absolute atomic E-state index is 11.4. The van der Waals surface area contributed by atoms with E-state index in [1.54, 1.807) is 14.1 Å². The van der Waals surface area contributed by atoms with Crippen molar-refractivity contribution >= 4 is 12.0 Å². The van der Waals surface area contributed by atoms with Gasteiger partial charge in [0.1, 0.15) is 12.4 Å². The lowest BCUT2D eigenvalue weighted by Gasteiger charge is -2.11. The minimum absolute atomic E-state index is 0.0957. The van der Waals surface area contributed by atoms with E-state index >= 15 is 0 Å². The normalized spacial score (nSPS) is 10.6. The number of rotatable bonds is 5. The quantitative estimate of drug-likeness (QED) is 0.798. The Bertz CT molecular complexity index is 467. The molecule has 2 N–H and O–H groups in total. The van der Waals surface area contributed by atoms with Crippen molar-refractivity contribution in [2.24, 2.45) is 0 Å². The highest BCUT2D eigenvalue weighted by atomic mass is 16.4. The van der Waals surface area contributed by atoms with E-state index in [-0.39, 0.29) is 25.0 Å². The van der Waals surface area contributed by atoms with Crippen molar-refractivity contribution in [3.8, 4) is 0 Å². The summed E-state index contributed by atoms with van der Waals surface area (Å²) in [6, 6.07) is -0.268. The molecule has 19 heavy (non-hydrogen) atoms. The summed E-state index contributed by atoms with van der Waals surface area (Å²) in [4.78, 5) is 27.8. The van der Waals surface area contributed by atoms with Gasteiger partial charge >= 0.3 is 12.0 Å². The maximum Gasteiger partial charge on any atom is 0.325 e. The number of nitrogens with one attached hydrogen (secondary N) is 1. The van der Waals surface area contributed by atoms with Crippen molar-refractivity contribution in [1.29, 1.82) is 0 Å². The van der Waals surface area contributed by atoms with Crippen LogP contribution in [0.5, 0.6) is 0 Å². The van der Waals surface area contributed by atoms with Gasteiger partial charge in [-0.3, -0.25) is 4.79 Å². The summed E-state index contributed by atoms with van der Waals surface area (Å²) in [5.41, 5.74) is 0. The van der Waals surface area contributed by atoms with Crippen molar-refractivity contribution in [3.05, 3.63) is 11.6 Å². The maximum atomic E-state index is 11.4. The fourth-order valence-electron chi connectivity index (χ4n) is 1.34. The summed E-state index contributed by atoms with van der Waals surface area (Å²) in [6.45, 7) is 3.71. The van der Waals surface area contributed by atoms with Crippen LogP contribution in [0.25, 0.3) is 0 Å². The number of aliphatic carboxylic acids is 1. The number of carbonyl (C=O) groups is 2. The van der Waals surface area contributed by atoms with Gasteiger partial charge in [-0.1, -0.05) is 13.8 Å². The fraction of sp³-hybridized carbons (Fsp3) is 0.636. The second-order valence-corrected chi connectivity index (χ2v) is 4.65. The van der Waals surface area contributed by atoms with Crippen molar-refractivity contribution < 1.29 is 14.7 Å². The van der Waals surface area contributed by atoms with Crippen molar-refractivity contribution in [2.45, 2.75) is 32.9 Å². The number of urea groups is 1. The van der Waals surface area contributed by atoms with Gasteiger partial charge in [0.05, 0.1) is 6.54 Å². The Hall–Kier alpha value is -2.12. The molecule has 1 heterocycles. The minimum Gasteiger partial charge on any atom is -0.480 e. The first kappa shape index (κ1) is 14.9. The van der Waals surface area contributed by atoms with Crippen molar-refractivity contribution in [2.75, 3.05) is 14.1 Å². The number of hydrogen-bond donors (Lipinski definition) is 2. The largest absolute Gasteiger partial charge is 0.480 e. The molecule has 8 heteroatoms. The summed E-state index contributed by atoms with van der Waals surface area (Å²) in [5.74, 6) is 0.0930. The van der Waals surface area contributed by atoms with Crippen LogP contribution in [0.4, 0.5) is 4.79 Å². The van der Waals surface area contributed by atoms with E-state index in [1.165, 1.54) is 9.58 Å². The molecule has 8 nitrogen and oxygen atoms in total. The number of amides is 2. The van der Waals surface area contributed by atoms with E-state index in [4.69, 9.17) is 5.11 Å². The number of carbonyl (C=O) groups excluding carboxylic acids is 1. The Morgan fingerprint density at radius 1 is 1.42 bits per heavy atom. The predicted molar refractivity (Wildman–Crippen MR) is 67.7 cm³/mol. The van der Waals surface area contributed by atoms with Gasteiger partial charge in [-0.05, 0) is 0 Å². The summed E-state index contributed by atoms with van der Waals surface area (Å²) < 4.78 is 1.30. The molecule has 0 aliphatic carbocycles. The number of carboxylic acids is 1. The number of hydrogen-bond acceptors (Lipinski definition) is 4. The predicted octanol–water partition coefficient (Wildman–Crippen LogP) is 0.257. The standard InChI is InChI=1S/C11H19N5O3/c1-7(2)10-13-8(5-12-11(19)15(3)4)16(14-10)6-9(17)18/h7H,5-6H2,1-4H3,(H,12,19)(H,17,18). The molecular weight excluding hydrogens is 250 g/mol. The molecular formula is C11H19N5O3. The molecule has 0 aliphatic rings. The average Bonchev–Trinajstić information content (AvgIpc) is 2.68. The SMILES string of the molecule is CC(C)c1nc(CNC(=O)N(C)C)n(CC(=O)O)n1. The molecule has 0 radical (unpaired) electrons. The Kier molecular flexibility index (Phi) is 4.85. The molecule has 1 aromatic heterocycles.